The molecule has 2 heteroatoms. The lowest BCUT2D eigenvalue weighted by Gasteiger charge is -2.07. The third kappa shape index (κ3) is 10.6. The topological polar surface area (TPSA) is 0 Å². The average Bonchev–Trinajstić information content (AvgIpc) is 1.90. The lowest BCUT2D eigenvalue weighted by molar-refractivity contribution is 1.86. The number of rotatable bonds is 2. The summed E-state index contributed by atoms with van der Waals surface area (Å²) in [5.74, 6) is 0. The molecule has 0 aromatic heterocycles. The van der Waals surface area contributed by atoms with Crippen LogP contribution < -0.4 is 0 Å². The maximum Gasteiger partial charge on any atom is 0.0942 e. The minimum atomic E-state index is -1.12. The summed E-state index contributed by atoms with van der Waals surface area (Å²) in [7, 11) is 0.00926. The third-order valence-corrected chi connectivity index (χ3v) is 3.16. The van der Waals surface area contributed by atoms with Gasteiger partial charge in [-0.15, -0.1) is 25.4 Å². The zero-order valence-electron chi connectivity index (χ0n) is 7.35. The van der Waals surface area contributed by atoms with Crippen LogP contribution >= 0.6 is 0 Å². The lowest BCUT2D eigenvalue weighted by atomic mass is 11.2. The fourth-order valence-electron chi connectivity index (χ4n) is 0.0833. The van der Waals surface area contributed by atoms with Gasteiger partial charge in [-0.1, -0.05) is 24.5 Å². The van der Waals surface area contributed by atoms with E-state index >= 15 is 0 Å². The molecule has 0 aromatic rings. The molecule has 0 saturated heterocycles. The largest absolute Gasteiger partial charge is 0.112 e. The molecule has 0 saturated carbocycles. The average molecular weight is 170 g/mol. The van der Waals surface area contributed by atoms with Gasteiger partial charge in [0.25, 0.3) is 0 Å². The van der Waals surface area contributed by atoms with Gasteiger partial charge in [0.2, 0.25) is 0 Å². The molecule has 58 valence electrons. The SMILES string of the molecule is C=C[SiH3].C=C[Si](C)(C)C=C. The van der Waals surface area contributed by atoms with E-state index in [2.05, 4.69) is 32.8 Å². The van der Waals surface area contributed by atoms with Crippen molar-refractivity contribution in [3.05, 3.63) is 36.8 Å². The van der Waals surface area contributed by atoms with E-state index in [1.807, 2.05) is 17.1 Å². The van der Waals surface area contributed by atoms with Gasteiger partial charge in [0.1, 0.15) is 0 Å². The molecule has 0 bridgehead atoms. The highest BCUT2D eigenvalue weighted by atomic mass is 28.3. The van der Waals surface area contributed by atoms with Gasteiger partial charge < -0.3 is 0 Å². The molecule has 0 rings (SSSR count). The van der Waals surface area contributed by atoms with Crippen molar-refractivity contribution in [2.45, 2.75) is 13.1 Å². The second-order valence-corrected chi connectivity index (χ2v) is 7.91. The Morgan fingerprint density at radius 2 is 1.30 bits per heavy atom. The van der Waals surface area contributed by atoms with Crippen LogP contribution in [-0.4, -0.2) is 18.3 Å². The van der Waals surface area contributed by atoms with E-state index in [1.54, 1.807) is 0 Å². The molecule has 0 atom stereocenters. The maximum absolute atomic E-state index is 3.69. The van der Waals surface area contributed by atoms with Crippen molar-refractivity contribution in [3.63, 3.8) is 0 Å². The van der Waals surface area contributed by atoms with Crippen LogP contribution in [0.1, 0.15) is 0 Å². The third-order valence-electron chi connectivity index (χ3n) is 1.05. The highest BCUT2D eigenvalue weighted by Crippen LogP contribution is 2.01. The predicted molar refractivity (Wildman–Crippen MR) is 58.0 cm³/mol. The van der Waals surface area contributed by atoms with E-state index in [0.717, 1.165) is 10.2 Å². The van der Waals surface area contributed by atoms with Gasteiger partial charge in [0, 0.05) is 10.2 Å². The molecular formula is C8H18Si2. The molecule has 0 radical (unpaired) electrons. The molecule has 0 amide bonds. The van der Waals surface area contributed by atoms with E-state index in [9.17, 15) is 0 Å². The second kappa shape index (κ2) is 6.77. The zero-order valence-corrected chi connectivity index (χ0v) is 10.4. The van der Waals surface area contributed by atoms with Gasteiger partial charge in [0.05, 0.1) is 8.07 Å². The van der Waals surface area contributed by atoms with Crippen molar-refractivity contribution < 1.29 is 0 Å². The van der Waals surface area contributed by atoms with E-state index in [-0.39, 0.29) is 0 Å². The molecule has 10 heavy (non-hydrogen) atoms. The summed E-state index contributed by atoms with van der Waals surface area (Å²) in [6.07, 6.45) is 0. The van der Waals surface area contributed by atoms with Crippen LogP contribution in [0.3, 0.4) is 0 Å². The van der Waals surface area contributed by atoms with E-state index in [0.29, 0.717) is 0 Å². The Morgan fingerprint density at radius 3 is 1.30 bits per heavy atom. The fraction of sp³-hybridized carbons (Fsp3) is 0.250. The molecule has 0 aromatic carbocycles. The molecule has 0 nitrogen and oxygen atoms in total. The number of hydrogen-bond donors (Lipinski definition) is 0. The second-order valence-electron chi connectivity index (χ2n) is 2.64. The molecule has 0 spiro atoms. The quantitative estimate of drug-likeness (QED) is 0.553. The highest BCUT2D eigenvalue weighted by Gasteiger charge is 2.07. The maximum atomic E-state index is 3.69. The van der Waals surface area contributed by atoms with E-state index in [4.69, 9.17) is 0 Å². The first-order valence-corrected chi connectivity index (χ1v) is 7.69. The van der Waals surface area contributed by atoms with E-state index < -0.39 is 8.07 Å². The van der Waals surface area contributed by atoms with Gasteiger partial charge in [0.15, 0.2) is 0 Å². The lowest BCUT2D eigenvalue weighted by Crippen LogP contribution is -2.17. The van der Waals surface area contributed by atoms with E-state index in [1.165, 1.54) is 0 Å². The molecule has 0 N–H and O–H groups in total. The van der Waals surface area contributed by atoms with Crippen LogP contribution in [0.5, 0.6) is 0 Å². The smallest absolute Gasteiger partial charge is 0.0942 e. The standard InChI is InChI=1S/C6H12Si.C2H6Si/c1-5-7(3,4)6-2;1-2-3/h5-6H,1-2H2,3-4H3;2H,1H2,3H3. The summed E-state index contributed by atoms with van der Waals surface area (Å²) < 4.78 is 0. The first-order chi connectivity index (χ1) is 4.54. The van der Waals surface area contributed by atoms with Crippen LogP contribution in [-0.2, 0) is 0 Å². The first-order valence-electron chi connectivity index (χ1n) is 3.38. The molecule has 0 aliphatic rings. The monoisotopic (exact) mass is 170 g/mol. The molecule has 0 aliphatic heterocycles. The van der Waals surface area contributed by atoms with Crippen LogP contribution in [0, 0.1) is 0 Å². The van der Waals surface area contributed by atoms with Gasteiger partial charge in [-0.05, 0) is 0 Å². The van der Waals surface area contributed by atoms with Gasteiger partial charge in [-0.2, -0.15) is 0 Å². The summed E-state index contributed by atoms with van der Waals surface area (Å²) >= 11 is 0. The molecular weight excluding hydrogens is 152 g/mol. The van der Waals surface area contributed by atoms with Crippen molar-refractivity contribution >= 4 is 18.3 Å². The Balaban J connectivity index is 0. The zero-order chi connectivity index (χ0) is 8.62. The summed E-state index contributed by atoms with van der Waals surface area (Å²) in [6, 6.07) is 0. The fourth-order valence-corrected chi connectivity index (χ4v) is 0.250. The molecule has 0 heterocycles. The van der Waals surface area contributed by atoms with Crippen molar-refractivity contribution in [1.29, 1.82) is 0 Å². The Labute approximate surface area is 68.8 Å². The van der Waals surface area contributed by atoms with Crippen LogP contribution in [0.4, 0.5) is 0 Å². The summed E-state index contributed by atoms with van der Waals surface area (Å²) in [4.78, 5) is 0. The number of hydrogen-bond acceptors (Lipinski definition) is 0. The van der Waals surface area contributed by atoms with Gasteiger partial charge in [-0.3, -0.25) is 0 Å². The molecule has 0 fully saturated rings. The summed E-state index contributed by atoms with van der Waals surface area (Å²) in [5.41, 5.74) is 5.92. The van der Waals surface area contributed by atoms with Crippen molar-refractivity contribution in [1.82, 2.24) is 0 Å². The summed E-state index contributed by atoms with van der Waals surface area (Å²) in [6.45, 7) is 15.2. The van der Waals surface area contributed by atoms with Gasteiger partial charge in [-0.25, -0.2) is 0 Å². The van der Waals surface area contributed by atoms with Crippen molar-refractivity contribution in [2.24, 2.45) is 0 Å². The van der Waals surface area contributed by atoms with Crippen LogP contribution in [0.25, 0.3) is 0 Å². The van der Waals surface area contributed by atoms with Crippen LogP contribution in [0.2, 0.25) is 13.1 Å². The van der Waals surface area contributed by atoms with Crippen molar-refractivity contribution in [2.75, 3.05) is 0 Å². The molecule has 0 unspecified atom stereocenters. The molecule has 0 aliphatic carbocycles. The summed E-state index contributed by atoms with van der Waals surface area (Å²) in [5, 5.41) is 0. The predicted octanol–water partition coefficient (Wildman–Crippen LogP) is 1.64. The van der Waals surface area contributed by atoms with Gasteiger partial charge >= 0.3 is 0 Å². The Morgan fingerprint density at radius 1 is 1.10 bits per heavy atom. The first kappa shape index (κ1) is 12.3. The Kier molecular flexibility index (Phi) is 8.35. The Hall–Kier alpha value is -0.346. The van der Waals surface area contributed by atoms with Crippen LogP contribution in [0.15, 0.2) is 36.8 Å². The minimum absolute atomic E-state index is 1.12. The van der Waals surface area contributed by atoms with Crippen molar-refractivity contribution in [3.8, 4) is 0 Å². The normalized spacial score (nSPS) is 9.00. The Bertz CT molecular complexity index is 104. The minimum Gasteiger partial charge on any atom is -0.112 e. The highest BCUT2D eigenvalue weighted by molar-refractivity contribution is 6.86.